The fourth-order valence-corrected chi connectivity index (χ4v) is 3.43. The summed E-state index contributed by atoms with van der Waals surface area (Å²) in [5, 5.41) is 17.9. The van der Waals surface area contributed by atoms with Crippen LogP contribution in [0.25, 0.3) is 0 Å². The summed E-state index contributed by atoms with van der Waals surface area (Å²) >= 11 is 0. The Hall–Kier alpha value is -0.160. The summed E-state index contributed by atoms with van der Waals surface area (Å²) in [5.41, 5.74) is 0. The van der Waals surface area contributed by atoms with Gasteiger partial charge in [-0.1, -0.05) is 0 Å². The highest BCUT2D eigenvalue weighted by molar-refractivity contribution is 4.62. The molecule has 3 fully saturated rings. The second kappa shape index (κ2) is 5.00. The van der Waals surface area contributed by atoms with Crippen LogP contribution in [-0.4, -0.2) is 84.8 Å². The van der Waals surface area contributed by atoms with E-state index in [-0.39, 0.29) is 0 Å². The van der Waals surface area contributed by atoms with Crippen LogP contribution in [0, 0.1) is 0 Å². The molecule has 4 heteroatoms. The monoisotopic (exact) mass is 230 g/mol. The Morgan fingerprint density at radius 1 is 0.625 bits per heavy atom. The van der Waals surface area contributed by atoms with Gasteiger partial charge in [0.05, 0.1) is 13.1 Å². The average Bonchev–Trinajstić information content (AvgIpc) is 2.37. The molecule has 3 aliphatic rings. The first-order valence-electron chi connectivity index (χ1n) is 6.66. The summed E-state index contributed by atoms with van der Waals surface area (Å²) in [6.45, 7) is 10.7. The lowest BCUT2D eigenvalue weighted by molar-refractivity contribution is -1.08. The fourth-order valence-electron chi connectivity index (χ4n) is 3.43. The zero-order valence-corrected chi connectivity index (χ0v) is 10.3. The van der Waals surface area contributed by atoms with Crippen molar-refractivity contribution >= 4 is 0 Å². The number of nitrogens with zero attached hydrogens (tertiary/aromatic N) is 2. The van der Waals surface area contributed by atoms with E-state index in [1.54, 1.807) is 0 Å². The molecule has 0 unspecified atom stereocenters. The van der Waals surface area contributed by atoms with Crippen molar-refractivity contribution in [2.45, 2.75) is 12.8 Å². The zero-order chi connectivity index (χ0) is 11.5. The maximum Gasteiger partial charge on any atom is 0.129 e. The highest BCUT2D eigenvalue weighted by atomic mass is 16.3. The lowest BCUT2D eigenvalue weighted by atomic mass is 10.1. The Labute approximate surface area is 98.3 Å². The maximum atomic E-state index is 8.94. The summed E-state index contributed by atoms with van der Waals surface area (Å²) in [4.78, 5) is 0. The summed E-state index contributed by atoms with van der Waals surface area (Å²) in [5.74, 6) is 0. The van der Waals surface area contributed by atoms with Crippen LogP contribution in [0.3, 0.4) is 0 Å². The molecule has 2 N–H and O–H groups in total. The van der Waals surface area contributed by atoms with Gasteiger partial charge in [0.15, 0.2) is 0 Å². The van der Waals surface area contributed by atoms with Crippen LogP contribution < -0.4 is 0 Å². The van der Waals surface area contributed by atoms with Gasteiger partial charge in [-0.05, 0) is 0 Å². The third kappa shape index (κ3) is 2.40. The van der Waals surface area contributed by atoms with E-state index >= 15 is 0 Å². The quantitative estimate of drug-likeness (QED) is 0.599. The molecule has 0 aromatic carbocycles. The Balaban J connectivity index is 1.87. The topological polar surface area (TPSA) is 40.5 Å². The number of hydrogen-bond donors (Lipinski definition) is 2. The van der Waals surface area contributed by atoms with Crippen LogP contribution in [-0.2, 0) is 0 Å². The molecule has 0 aromatic heterocycles. The van der Waals surface area contributed by atoms with Crippen molar-refractivity contribution in [3.05, 3.63) is 0 Å². The minimum Gasteiger partial charge on any atom is -0.396 e. The zero-order valence-electron chi connectivity index (χ0n) is 10.3. The van der Waals surface area contributed by atoms with Crippen LogP contribution in [0.4, 0.5) is 0 Å². The second-order valence-electron chi connectivity index (χ2n) is 5.63. The van der Waals surface area contributed by atoms with Gasteiger partial charge < -0.3 is 19.2 Å². The van der Waals surface area contributed by atoms with Crippen LogP contribution in [0.15, 0.2) is 0 Å². The predicted octanol–water partition coefficient (Wildman–Crippen LogP) is -0.588. The summed E-state index contributed by atoms with van der Waals surface area (Å²) in [7, 11) is 0. The molecule has 0 radical (unpaired) electrons. The number of quaternary nitrogens is 2. The van der Waals surface area contributed by atoms with E-state index in [0.717, 1.165) is 25.9 Å². The molecular weight excluding hydrogens is 204 g/mol. The molecule has 0 aliphatic carbocycles. The second-order valence-corrected chi connectivity index (χ2v) is 5.63. The van der Waals surface area contributed by atoms with Crippen molar-refractivity contribution in [1.82, 2.24) is 0 Å². The van der Waals surface area contributed by atoms with Crippen LogP contribution >= 0.6 is 0 Å². The first-order valence-corrected chi connectivity index (χ1v) is 6.66. The molecule has 0 amide bonds. The van der Waals surface area contributed by atoms with Gasteiger partial charge >= 0.3 is 0 Å². The minimum atomic E-state index is 0.338. The third-order valence-corrected chi connectivity index (χ3v) is 4.73. The lowest BCUT2D eigenvalue weighted by Crippen LogP contribution is -2.75. The van der Waals surface area contributed by atoms with Gasteiger partial charge in [0.25, 0.3) is 0 Å². The SMILES string of the molecule is OCCC[N+]12CC[N+](CCCO)(CC1)CC2. The van der Waals surface area contributed by atoms with Crippen molar-refractivity contribution in [2.24, 2.45) is 0 Å². The van der Waals surface area contributed by atoms with Gasteiger partial charge in [-0.2, -0.15) is 0 Å². The van der Waals surface area contributed by atoms with E-state index in [1.165, 1.54) is 48.2 Å². The molecule has 0 saturated carbocycles. The van der Waals surface area contributed by atoms with E-state index in [0.29, 0.717) is 13.2 Å². The van der Waals surface area contributed by atoms with E-state index in [2.05, 4.69) is 0 Å². The van der Waals surface area contributed by atoms with Crippen molar-refractivity contribution < 1.29 is 19.2 Å². The lowest BCUT2D eigenvalue weighted by Gasteiger charge is -2.55. The van der Waals surface area contributed by atoms with Crippen LogP contribution in [0.2, 0.25) is 0 Å². The number of aliphatic hydroxyl groups excluding tert-OH is 2. The average molecular weight is 230 g/mol. The molecule has 94 valence electrons. The Morgan fingerprint density at radius 3 is 1.19 bits per heavy atom. The molecule has 0 aromatic rings. The van der Waals surface area contributed by atoms with Gasteiger partial charge in [-0.25, -0.2) is 0 Å². The number of aliphatic hydroxyl groups is 2. The number of piperazine rings is 3. The smallest absolute Gasteiger partial charge is 0.129 e. The predicted molar refractivity (Wildman–Crippen MR) is 62.9 cm³/mol. The van der Waals surface area contributed by atoms with Crippen LogP contribution in [0.5, 0.6) is 0 Å². The summed E-state index contributed by atoms with van der Waals surface area (Å²) in [6, 6.07) is 0. The first-order chi connectivity index (χ1) is 7.74. The van der Waals surface area contributed by atoms with Gasteiger partial charge in [0.1, 0.15) is 39.3 Å². The first kappa shape index (κ1) is 12.3. The maximum absolute atomic E-state index is 8.94. The molecule has 0 spiro atoms. The van der Waals surface area contributed by atoms with Crippen LogP contribution in [0.1, 0.15) is 12.8 Å². The van der Waals surface area contributed by atoms with Gasteiger partial charge in [-0.3, -0.25) is 0 Å². The molecule has 4 nitrogen and oxygen atoms in total. The van der Waals surface area contributed by atoms with E-state index < -0.39 is 0 Å². The van der Waals surface area contributed by atoms with E-state index in [9.17, 15) is 0 Å². The fraction of sp³-hybridized carbons (Fsp3) is 1.00. The van der Waals surface area contributed by atoms with Gasteiger partial charge in [0.2, 0.25) is 0 Å². The van der Waals surface area contributed by atoms with Crippen molar-refractivity contribution in [1.29, 1.82) is 0 Å². The standard InChI is InChI=1S/C12H26N2O2/c15-11-1-3-13-5-8-14(9-6-13,10-7-13)4-2-12-16/h15-16H,1-12H2/q+2. The van der Waals surface area contributed by atoms with E-state index in [4.69, 9.17) is 10.2 Å². The Bertz CT molecular complexity index is 185. The van der Waals surface area contributed by atoms with Crippen molar-refractivity contribution in [3.8, 4) is 0 Å². The molecule has 3 rings (SSSR count). The third-order valence-electron chi connectivity index (χ3n) is 4.73. The minimum absolute atomic E-state index is 0.338. The number of hydrogen-bond acceptors (Lipinski definition) is 2. The number of fused-ring (bicyclic) bond motifs is 3. The van der Waals surface area contributed by atoms with Gasteiger partial charge in [0, 0.05) is 26.1 Å². The molecular formula is C12H26N2O2+2. The molecule has 3 heterocycles. The molecule has 16 heavy (non-hydrogen) atoms. The van der Waals surface area contributed by atoms with Crippen molar-refractivity contribution in [2.75, 3.05) is 65.6 Å². The Morgan fingerprint density at radius 2 is 0.938 bits per heavy atom. The largest absolute Gasteiger partial charge is 0.396 e. The number of rotatable bonds is 6. The normalized spacial score (nSPS) is 37.9. The highest BCUT2D eigenvalue weighted by Gasteiger charge is 2.47. The Kier molecular flexibility index (Phi) is 3.85. The summed E-state index contributed by atoms with van der Waals surface area (Å²) < 4.78 is 2.50. The molecule has 3 saturated heterocycles. The molecule has 3 aliphatic heterocycles. The summed E-state index contributed by atoms with van der Waals surface area (Å²) in [6.07, 6.45) is 1.91. The van der Waals surface area contributed by atoms with E-state index in [1.807, 2.05) is 0 Å². The molecule has 2 bridgehead atoms. The highest BCUT2D eigenvalue weighted by Crippen LogP contribution is 2.27. The molecule has 0 atom stereocenters. The van der Waals surface area contributed by atoms with Crippen molar-refractivity contribution in [3.63, 3.8) is 0 Å². The van der Waals surface area contributed by atoms with Gasteiger partial charge in [-0.15, -0.1) is 0 Å².